The minimum atomic E-state index is -3.91. The van der Waals surface area contributed by atoms with Crippen LogP contribution in [0.4, 0.5) is 5.69 Å². The Hall–Kier alpha value is -3.25. The van der Waals surface area contributed by atoms with Gasteiger partial charge in [0.25, 0.3) is 15.6 Å². The van der Waals surface area contributed by atoms with Crippen LogP contribution in [0.1, 0.15) is 11.3 Å². The molecule has 0 spiro atoms. The molecular weight excluding hydrogens is 358 g/mol. The van der Waals surface area contributed by atoms with E-state index in [4.69, 9.17) is 0 Å². The zero-order valence-corrected chi connectivity index (χ0v) is 15.0. The van der Waals surface area contributed by atoms with Crippen molar-refractivity contribution in [1.82, 2.24) is 9.13 Å². The Morgan fingerprint density at radius 1 is 1.35 bits per heavy atom. The second-order valence-corrected chi connectivity index (χ2v) is 6.99. The monoisotopic (exact) mass is 375 g/mol. The van der Waals surface area contributed by atoms with Crippen LogP contribution in [0.25, 0.3) is 0 Å². The van der Waals surface area contributed by atoms with E-state index < -0.39 is 21.3 Å². The maximum Gasteiger partial charge on any atom is 0.331 e. The van der Waals surface area contributed by atoms with Crippen LogP contribution in [0, 0.1) is 18.8 Å². The van der Waals surface area contributed by atoms with Crippen LogP contribution in [0.15, 0.2) is 45.8 Å². The summed E-state index contributed by atoms with van der Waals surface area (Å²) < 4.78 is 27.5. The topological polar surface area (TPSA) is 110 Å². The van der Waals surface area contributed by atoms with Crippen molar-refractivity contribution >= 4 is 15.7 Å². The Kier molecular flexibility index (Phi) is 5.38. The molecule has 9 heteroatoms. The van der Waals surface area contributed by atoms with Gasteiger partial charge in [-0.2, -0.15) is 0 Å². The smallest absolute Gasteiger partial charge is 0.331 e. The van der Waals surface area contributed by atoms with E-state index in [1.807, 2.05) is 0 Å². The Morgan fingerprint density at radius 3 is 2.65 bits per heavy atom. The number of hydrogen-bond donors (Lipinski definition) is 2. The van der Waals surface area contributed by atoms with Crippen molar-refractivity contribution in [2.75, 3.05) is 4.72 Å². The molecule has 2 aromatic rings. The molecule has 0 unspecified atom stereocenters. The summed E-state index contributed by atoms with van der Waals surface area (Å²) >= 11 is 0. The summed E-state index contributed by atoms with van der Waals surface area (Å²) in [6, 6.07) is 6.29. The number of sulfonamides is 1. The number of anilines is 1. The van der Waals surface area contributed by atoms with Crippen LogP contribution in [-0.4, -0.2) is 22.7 Å². The zero-order chi connectivity index (χ0) is 19.5. The van der Waals surface area contributed by atoms with Gasteiger partial charge in [-0.15, -0.1) is 0 Å². The van der Waals surface area contributed by atoms with Crippen LogP contribution >= 0.6 is 0 Å². The summed E-state index contributed by atoms with van der Waals surface area (Å²) in [5.74, 6) is 5.62. The highest BCUT2D eigenvalue weighted by molar-refractivity contribution is 7.95. The molecule has 8 nitrogen and oxygen atoms in total. The zero-order valence-electron chi connectivity index (χ0n) is 14.2. The van der Waals surface area contributed by atoms with E-state index >= 15 is 0 Å². The molecule has 0 amide bonds. The van der Waals surface area contributed by atoms with Crippen molar-refractivity contribution in [1.29, 1.82) is 0 Å². The second kappa shape index (κ2) is 7.33. The van der Waals surface area contributed by atoms with Crippen LogP contribution < -0.4 is 16.0 Å². The van der Waals surface area contributed by atoms with Crippen molar-refractivity contribution < 1.29 is 13.5 Å². The number of aromatic hydroxyl groups is 1. The molecule has 0 saturated carbocycles. The second-order valence-electron chi connectivity index (χ2n) is 5.36. The van der Waals surface area contributed by atoms with Gasteiger partial charge in [0.2, 0.25) is 0 Å². The lowest BCUT2D eigenvalue weighted by Gasteiger charge is -2.14. The maximum atomic E-state index is 12.3. The van der Waals surface area contributed by atoms with Crippen molar-refractivity contribution in [2.24, 2.45) is 7.05 Å². The molecule has 0 aliphatic rings. The van der Waals surface area contributed by atoms with Crippen LogP contribution in [0.5, 0.6) is 5.75 Å². The molecule has 0 bridgehead atoms. The van der Waals surface area contributed by atoms with Gasteiger partial charge in [0.05, 0.1) is 12.2 Å². The first kappa shape index (κ1) is 19.1. The molecular formula is C17H17N3O5S. The summed E-state index contributed by atoms with van der Waals surface area (Å²) in [4.78, 5) is 24.5. The van der Waals surface area contributed by atoms with Crippen molar-refractivity contribution in [3.05, 3.63) is 68.3 Å². The van der Waals surface area contributed by atoms with E-state index in [2.05, 4.69) is 23.1 Å². The molecule has 0 aliphatic carbocycles. The van der Waals surface area contributed by atoms with Gasteiger partial charge in [-0.25, -0.2) is 13.2 Å². The largest absolute Gasteiger partial charge is 0.508 e. The molecule has 0 saturated heterocycles. The van der Waals surface area contributed by atoms with Gasteiger partial charge < -0.3 is 5.11 Å². The molecule has 0 aliphatic heterocycles. The van der Waals surface area contributed by atoms with Gasteiger partial charge >= 0.3 is 5.69 Å². The number of benzene rings is 1. The fourth-order valence-electron chi connectivity index (χ4n) is 2.16. The normalized spacial score (nSPS) is 10.7. The van der Waals surface area contributed by atoms with Crippen LogP contribution in [0.3, 0.4) is 0 Å². The predicted octanol–water partition coefficient (Wildman–Crippen LogP) is 0.498. The van der Waals surface area contributed by atoms with Crippen molar-refractivity contribution in [3.63, 3.8) is 0 Å². The van der Waals surface area contributed by atoms with E-state index in [1.54, 1.807) is 12.1 Å². The molecule has 26 heavy (non-hydrogen) atoms. The van der Waals surface area contributed by atoms with Crippen molar-refractivity contribution in [2.45, 2.75) is 13.5 Å². The summed E-state index contributed by atoms with van der Waals surface area (Å²) in [6.45, 7) is 4.54. The predicted molar refractivity (Wildman–Crippen MR) is 98.4 cm³/mol. The van der Waals surface area contributed by atoms with Gasteiger partial charge in [0.1, 0.15) is 11.4 Å². The lowest BCUT2D eigenvalue weighted by Crippen LogP contribution is -2.41. The average molecular weight is 375 g/mol. The molecule has 0 radical (unpaired) electrons. The van der Waals surface area contributed by atoms with Gasteiger partial charge in [0.15, 0.2) is 0 Å². The number of phenolic OH excluding ortho intramolecular Hbond substituents is 1. The Labute approximate surface area is 150 Å². The highest BCUT2D eigenvalue weighted by Gasteiger charge is 2.17. The molecule has 136 valence electrons. The first-order valence-electron chi connectivity index (χ1n) is 7.40. The molecule has 2 rings (SSSR count). The standard InChI is InChI=1S/C17H17N3O5S/c1-4-26(24,25)18-15-12(2)20(17(23)19(3)16(15)22)10-6-8-13-7-5-9-14(21)11-13/h4-5,7,9,11,18,21H,1,10H2,2-3H3. The first-order valence-corrected chi connectivity index (χ1v) is 8.94. The average Bonchev–Trinajstić information content (AvgIpc) is 2.60. The van der Waals surface area contributed by atoms with E-state index in [-0.39, 0.29) is 23.7 Å². The third kappa shape index (κ3) is 4.04. The van der Waals surface area contributed by atoms with Crippen molar-refractivity contribution in [3.8, 4) is 17.6 Å². The summed E-state index contributed by atoms with van der Waals surface area (Å²) in [5, 5.41) is 10.1. The number of nitrogens with zero attached hydrogens (tertiary/aromatic N) is 2. The number of rotatable bonds is 4. The molecule has 1 heterocycles. The van der Waals surface area contributed by atoms with Crippen LogP contribution in [0.2, 0.25) is 0 Å². The Bertz CT molecular complexity index is 1150. The van der Waals surface area contributed by atoms with Gasteiger partial charge in [0, 0.05) is 18.0 Å². The molecule has 0 fully saturated rings. The molecule has 1 aromatic heterocycles. The number of aromatic nitrogens is 2. The van der Waals surface area contributed by atoms with Gasteiger partial charge in [-0.05, 0) is 25.1 Å². The quantitative estimate of drug-likeness (QED) is 0.756. The highest BCUT2D eigenvalue weighted by atomic mass is 32.2. The third-order valence-corrected chi connectivity index (χ3v) is 4.51. The summed E-state index contributed by atoms with van der Waals surface area (Å²) in [5.41, 5.74) is -0.956. The van der Waals surface area contributed by atoms with E-state index in [9.17, 15) is 23.1 Å². The summed E-state index contributed by atoms with van der Waals surface area (Å²) in [7, 11) is -2.67. The SMILES string of the molecule is C=CS(=O)(=O)Nc1c(C)n(CC#Cc2cccc(O)c2)c(=O)n(C)c1=O. The number of phenols is 1. The maximum absolute atomic E-state index is 12.3. The lowest BCUT2D eigenvalue weighted by atomic mass is 10.2. The van der Waals surface area contributed by atoms with Gasteiger partial charge in [-0.3, -0.25) is 18.7 Å². The van der Waals surface area contributed by atoms with Crippen LogP contribution in [-0.2, 0) is 23.6 Å². The van der Waals surface area contributed by atoms with Gasteiger partial charge in [-0.1, -0.05) is 24.5 Å². The molecule has 1 aromatic carbocycles. The minimum Gasteiger partial charge on any atom is -0.508 e. The lowest BCUT2D eigenvalue weighted by molar-refractivity contribution is 0.475. The fourth-order valence-corrected chi connectivity index (χ4v) is 2.76. The summed E-state index contributed by atoms with van der Waals surface area (Å²) in [6.07, 6.45) is 0. The minimum absolute atomic E-state index is 0.0633. The highest BCUT2D eigenvalue weighted by Crippen LogP contribution is 2.11. The van der Waals surface area contributed by atoms with E-state index in [0.717, 1.165) is 4.57 Å². The third-order valence-electron chi connectivity index (χ3n) is 3.58. The fraction of sp³-hybridized carbons (Fsp3) is 0.176. The first-order chi connectivity index (χ1) is 12.2. The number of hydrogen-bond acceptors (Lipinski definition) is 5. The Morgan fingerprint density at radius 2 is 2.04 bits per heavy atom. The molecule has 2 N–H and O–H groups in total. The Balaban J connectivity index is 2.50. The number of nitrogens with one attached hydrogen (secondary N) is 1. The molecule has 0 atom stereocenters. The van der Waals surface area contributed by atoms with E-state index in [0.29, 0.717) is 11.0 Å². The van der Waals surface area contributed by atoms with E-state index in [1.165, 1.54) is 30.7 Å².